The predicted molar refractivity (Wildman–Crippen MR) is 74.0 cm³/mol. The lowest BCUT2D eigenvalue weighted by Crippen LogP contribution is -2.25. The highest BCUT2D eigenvalue weighted by Crippen LogP contribution is 2.13. The summed E-state index contributed by atoms with van der Waals surface area (Å²) >= 11 is 0. The molecule has 0 radical (unpaired) electrons. The van der Waals surface area contributed by atoms with E-state index in [9.17, 15) is 18.0 Å². The molecule has 0 bridgehead atoms. The highest BCUT2D eigenvalue weighted by molar-refractivity contribution is 7.91. The molecule has 0 spiro atoms. The van der Waals surface area contributed by atoms with Crippen molar-refractivity contribution in [1.29, 1.82) is 0 Å². The van der Waals surface area contributed by atoms with Crippen molar-refractivity contribution < 1.29 is 18.3 Å². The van der Waals surface area contributed by atoms with Crippen molar-refractivity contribution in [1.82, 2.24) is 9.55 Å². The van der Waals surface area contributed by atoms with Gasteiger partial charge in [-0.2, -0.15) is 0 Å². The minimum Gasteiger partial charge on any atom is -0.478 e. The maximum absolute atomic E-state index is 12.2. The van der Waals surface area contributed by atoms with Gasteiger partial charge in [-0.3, -0.25) is 4.57 Å². The quantitative estimate of drug-likeness (QED) is 0.857. The van der Waals surface area contributed by atoms with Crippen LogP contribution in [0.4, 0.5) is 0 Å². The number of hydrogen-bond donors (Lipinski definition) is 1. The van der Waals surface area contributed by atoms with Crippen molar-refractivity contribution in [2.75, 3.05) is 5.75 Å². The lowest BCUT2D eigenvalue weighted by Gasteiger charge is -2.07. The third kappa shape index (κ3) is 3.54. The predicted octanol–water partition coefficient (Wildman–Crippen LogP) is 0.415. The Morgan fingerprint density at radius 2 is 2.05 bits per heavy atom. The normalized spacial score (nSPS) is 11.2. The van der Waals surface area contributed by atoms with Gasteiger partial charge in [0, 0.05) is 18.9 Å². The van der Waals surface area contributed by atoms with E-state index >= 15 is 0 Å². The number of aryl methyl sites for hydroxylation is 1. The monoisotopic (exact) mass is 308 g/mol. The zero-order valence-electron chi connectivity index (χ0n) is 10.8. The summed E-state index contributed by atoms with van der Waals surface area (Å²) in [6.07, 6.45) is 2.77. The topological polar surface area (TPSA) is 106 Å². The van der Waals surface area contributed by atoms with Gasteiger partial charge in [0.15, 0.2) is 9.84 Å². The number of aromatic nitrogens is 2. The maximum atomic E-state index is 12.2. The van der Waals surface area contributed by atoms with Gasteiger partial charge in [0.1, 0.15) is 0 Å². The zero-order chi connectivity index (χ0) is 15.5. The maximum Gasteiger partial charge on any atom is 0.347 e. The van der Waals surface area contributed by atoms with Crippen LogP contribution < -0.4 is 5.69 Å². The van der Waals surface area contributed by atoms with E-state index in [2.05, 4.69) is 4.98 Å². The molecule has 0 aliphatic heterocycles. The van der Waals surface area contributed by atoms with E-state index in [-0.39, 0.29) is 22.8 Å². The third-order valence-corrected chi connectivity index (χ3v) is 4.52. The van der Waals surface area contributed by atoms with Crippen molar-refractivity contribution in [3.63, 3.8) is 0 Å². The summed E-state index contributed by atoms with van der Waals surface area (Å²) in [6.45, 7) is -0.0493. The molecule has 0 saturated heterocycles. The van der Waals surface area contributed by atoms with Crippen molar-refractivity contribution in [3.05, 3.63) is 58.8 Å². The summed E-state index contributed by atoms with van der Waals surface area (Å²) in [7, 11) is -3.68. The molecule has 1 heterocycles. The smallest absolute Gasteiger partial charge is 0.347 e. The molecule has 0 saturated carbocycles. The van der Waals surface area contributed by atoms with Crippen LogP contribution in [-0.2, 0) is 16.4 Å². The second kappa shape index (κ2) is 5.88. The number of hydrogen-bond acceptors (Lipinski definition) is 5. The van der Waals surface area contributed by atoms with Crippen LogP contribution in [0.25, 0.3) is 0 Å². The van der Waals surface area contributed by atoms with Crippen molar-refractivity contribution in [2.45, 2.75) is 11.4 Å². The molecule has 2 aromatic rings. The highest BCUT2D eigenvalue weighted by atomic mass is 32.2. The van der Waals surface area contributed by atoms with Crippen LogP contribution in [-0.4, -0.2) is 34.8 Å². The molecule has 1 N–H and O–H groups in total. The Morgan fingerprint density at radius 1 is 1.29 bits per heavy atom. The van der Waals surface area contributed by atoms with Crippen LogP contribution in [0, 0.1) is 0 Å². The minimum atomic E-state index is -3.68. The number of rotatable bonds is 5. The first-order chi connectivity index (χ1) is 9.90. The first-order valence-electron chi connectivity index (χ1n) is 5.98. The molecule has 110 valence electrons. The fourth-order valence-corrected chi connectivity index (χ4v) is 2.98. The largest absolute Gasteiger partial charge is 0.478 e. The van der Waals surface area contributed by atoms with Gasteiger partial charge >= 0.3 is 11.7 Å². The van der Waals surface area contributed by atoms with Crippen molar-refractivity contribution >= 4 is 15.8 Å². The summed E-state index contributed by atoms with van der Waals surface area (Å²) in [6, 6.07) is 6.64. The number of carboxylic acids is 1. The van der Waals surface area contributed by atoms with Crippen LogP contribution in [0.1, 0.15) is 10.4 Å². The molecule has 8 heteroatoms. The summed E-state index contributed by atoms with van der Waals surface area (Å²) in [5.74, 6) is -1.52. The minimum absolute atomic E-state index is 0.0493. The van der Waals surface area contributed by atoms with Gasteiger partial charge < -0.3 is 5.11 Å². The second-order valence-electron chi connectivity index (χ2n) is 4.25. The molecular formula is C13H12N2O5S. The molecule has 0 aliphatic rings. The fourth-order valence-electron chi connectivity index (χ4n) is 1.72. The van der Waals surface area contributed by atoms with Crippen molar-refractivity contribution in [2.24, 2.45) is 0 Å². The van der Waals surface area contributed by atoms with Crippen LogP contribution in [0.3, 0.4) is 0 Å². The molecule has 2 rings (SSSR count). The lowest BCUT2D eigenvalue weighted by atomic mass is 10.2. The number of carboxylic acid groups (broad SMARTS) is 1. The molecule has 1 aromatic carbocycles. The van der Waals surface area contributed by atoms with Gasteiger partial charge in [-0.1, -0.05) is 6.07 Å². The summed E-state index contributed by atoms with van der Waals surface area (Å²) in [5, 5.41) is 8.87. The van der Waals surface area contributed by atoms with E-state index in [4.69, 9.17) is 5.11 Å². The summed E-state index contributed by atoms with van der Waals surface area (Å²) in [5.41, 5.74) is -0.637. The van der Waals surface area contributed by atoms with Crippen LogP contribution >= 0.6 is 0 Å². The Bertz CT molecular complexity index is 826. The van der Waals surface area contributed by atoms with Gasteiger partial charge in [-0.15, -0.1) is 0 Å². The average Bonchev–Trinajstić information content (AvgIpc) is 2.46. The SMILES string of the molecule is O=C(O)c1cccc(S(=O)(=O)CCn2cccnc2=O)c1. The molecule has 0 fully saturated rings. The number of benzene rings is 1. The van der Waals surface area contributed by atoms with E-state index in [1.165, 1.54) is 41.2 Å². The van der Waals surface area contributed by atoms with Gasteiger partial charge in [-0.05, 0) is 24.3 Å². The first kappa shape index (κ1) is 14.9. The zero-order valence-corrected chi connectivity index (χ0v) is 11.7. The van der Waals surface area contributed by atoms with Crippen LogP contribution in [0.5, 0.6) is 0 Å². The lowest BCUT2D eigenvalue weighted by molar-refractivity contribution is 0.0696. The molecule has 1 aromatic heterocycles. The number of sulfone groups is 1. The van der Waals surface area contributed by atoms with E-state index in [0.717, 1.165) is 6.07 Å². The van der Waals surface area contributed by atoms with E-state index < -0.39 is 21.5 Å². The van der Waals surface area contributed by atoms with E-state index in [0.29, 0.717) is 0 Å². The van der Waals surface area contributed by atoms with Crippen molar-refractivity contribution in [3.8, 4) is 0 Å². The molecule has 0 unspecified atom stereocenters. The van der Waals surface area contributed by atoms with E-state index in [1.807, 2.05) is 0 Å². The van der Waals surface area contributed by atoms with E-state index in [1.54, 1.807) is 0 Å². The summed E-state index contributed by atoms with van der Waals surface area (Å²) in [4.78, 5) is 25.7. The van der Waals surface area contributed by atoms with Gasteiger partial charge in [0.2, 0.25) is 0 Å². The summed E-state index contributed by atoms with van der Waals surface area (Å²) < 4.78 is 25.5. The van der Waals surface area contributed by atoms with Crippen LogP contribution in [0.15, 0.2) is 52.4 Å². The van der Waals surface area contributed by atoms with Crippen LogP contribution in [0.2, 0.25) is 0 Å². The molecule has 21 heavy (non-hydrogen) atoms. The van der Waals surface area contributed by atoms with Gasteiger partial charge in [0.05, 0.1) is 16.2 Å². The number of carbonyl (C=O) groups is 1. The van der Waals surface area contributed by atoms with Gasteiger partial charge in [-0.25, -0.2) is 23.0 Å². The second-order valence-corrected chi connectivity index (χ2v) is 6.36. The Kier molecular flexibility index (Phi) is 4.18. The Balaban J connectivity index is 2.23. The average molecular weight is 308 g/mol. The van der Waals surface area contributed by atoms with Gasteiger partial charge in [0.25, 0.3) is 0 Å². The molecule has 0 atom stereocenters. The molecule has 0 aliphatic carbocycles. The first-order valence-corrected chi connectivity index (χ1v) is 7.63. The fraction of sp³-hybridized carbons (Fsp3) is 0.154. The Morgan fingerprint density at radius 3 is 2.71 bits per heavy atom. The Labute approximate surface area is 120 Å². The molecule has 7 nitrogen and oxygen atoms in total. The number of aromatic carboxylic acids is 1. The molecule has 0 amide bonds. The Hall–Kier alpha value is -2.48. The standard InChI is InChI=1S/C13H12N2O5S/c16-12(17)10-3-1-4-11(9-10)21(19,20)8-7-15-6-2-5-14-13(15)18/h1-6,9H,7-8H2,(H,16,17). The highest BCUT2D eigenvalue weighted by Gasteiger charge is 2.16. The molecular weight excluding hydrogens is 296 g/mol. The number of nitrogens with zero attached hydrogens (tertiary/aromatic N) is 2. The third-order valence-electron chi connectivity index (χ3n) is 2.82.